The maximum atomic E-state index is 11.3. The Balaban J connectivity index is 1.91. The maximum absolute atomic E-state index is 11.3. The molecule has 3 nitrogen and oxygen atoms in total. The van der Waals surface area contributed by atoms with E-state index in [1.54, 1.807) is 0 Å². The van der Waals surface area contributed by atoms with Gasteiger partial charge in [-0.1, -0.05) is 0 Å². The molecular weight excluding hydrogens is 154 g/mol. The third-order valence-corrected chi connectivity index (χ3v) is 3.02. The molecule has 0 aromatic rings. The van der Waals surface area contributed by atoms with Crippen molar-refractivity contribution in [3.8, 4) is 0 Å². The first-order valence-electron chi connectivity index (χ1n) is 4.76. The van der Waals surface area contributed by atoms with Crippen molar-refractivity contribution in [1.29, 1.82) is 0 Å². The summed E-state index contributed by atoms with van der Waals surface area (Å²) >= 11 is 0. The third kappa shape index (κ3) is 1.08. The molecule has 68 valence electrons. The van der Waals surface area contributed by atoms with Crippen molar-refractivity contribution in [3.63, 3.8) is 0 Å². The van der Waals surface area contributed by atoms with E-state index in [0.29, 0.717) is 12.6 Å². The molecule has 0 aromatic heterocycles. The van der Waals surface area contributed by atoms with Gasteiger partial charge in [-0.3, -0.25) is 0 Å². The van der Waals surface area contributed by atoms with Gasteiger partial charge >= 0.3 is 6.09 Å². The summed E-state index contributed by atoms with van der Waals surface area (Å²) in [7, 11) is 0. The van der Waals surface area contributed by atoms with Crippen molar-refractivity contribution < 1.29 is 9.53 Å². The largest absolute Gasteiger partial charge is 0.450 e. The van der Waals surface area contributed by atoms with Gasteiger partial charge in [-0.2, -0.15) is 0 Å². The summed E-state index contributed by atoms with van der Waals surface area (Å²) in [6.45, 7) is 3.26. The van der Waals surface area contributed by atoms with Crippen molar-refractivity contribution in [2.75, 3.05) is 13.2 Å². The van der Waals surface area contributed by atoms with E-state index in [9.17, 15) is 4.79 Å². The predicted molar refractivity (Wildman–Crippen MR) is 44.9 cm³/mol. The predicted octanol–water partition coefficient (Wildman–Crippen LogP) is 1.63. The molecule has 2 aliphatic rings. The van der Waals surface area contributed by atoms with Gasteiger partial charge in [0.05, 0.1) is 6.61 Å². The van der Waals surface area contributed by atoms with E-state index in [4.69, 9.17) is 4.74 Å². The lowest BCUT2D eigenvalue weighted by molar-refractivity contribution is 0.0804. The summed E-state index contributed by atoms with van der Waals surface area (Å²) < 4.78 is 4.97. The quantitative estimate of drug-likeness (QED) is 0.597. The van der Waals surface area contributed by atoms with Crippen molar-refractivity contribution in [1.82, 2.24) is 4.90 Å². The normalized spacial score (nSPS) is 32.6. The number of amides is 1. The van der Waals surface area contributed by atoms with Crippen LogP contribution in [0.5, 0.6) is 0 Å². The number of carbonyl (C=O) groups is 1. The SMILES string of the molecule is CCOC(=O)N1CC[C@H]2CC[C@H]21. The first-order valence-corrected chi connectivity index (χ1v) is 4.76. The van der Waals surface area contributed by atoms with Crippen LogP contribution in [0.2, 0.25) is 0 Å². The van der Waals surface area contributed by atoms with Crippen LogP contribution in [0.25, 0.3) is 0 Å². The van der Waals surface area contributed by atoms with Gasteiger partial charge in [0.1, 0.15) is 0 Å². The van der Waals surface area contributed by atoms with Crippen LogP contribution < -0.4 is 0 Å². The van der Waals surface area contributed by atoms with Gasteiger partial charge in [0.15, 0.2) is 0 Å². The van der Waals surface area contributed by atoms with E-state index in [2.05, 4.69) is 0 Å². The van der Waals surface area contributed by atoms with Crippen LogP contribution in [0.1, 0.15) is 26.2 Å². The second-order valence-corrected chi connectivity index (χ2v) is 3.59. The summed E-state index contributed by atoms with van der Waals surface area (Å²) in [4.78, 5) is 13.2. The van der Waals surface area contributed by atoms with Crippen LogP contribution in [-0.2, 0) is 4.74 Å². The summed E-state index contributed by atoms with van der Waals surface area (Å²) in [5.74, 6) is 0.786. The minimum atomic E-state index is -0.107. The van der Waals surface area contributed by atoms with E-state index >= 15 is 0 Å². The van der Waals surface area contributed by atoms with Crippen molar-refractivity contribution in [2.45, 2.75) is 32.2 Å². The highest BCUT2D eigenvalue weighted by Crippen LogP contribution is 2.40. The Labute approximate surface area is 72.7 Å². The Bertz CT molecular complexity index is 193. The number of fused-ring (bicyclic) bond motifs is 1. The number of nitrogens with zero attached hydrogens (tertiary/aromatic N) is 1. The topological polar surface area (TPSA) is 29.5 Å². The molecule has 12 heavy (non-hydrogen) atoms. The van der Waals surface area contributed by atoms with Gasteiger partial charge in [-0.25, -0.2) is 4.79 Å². The van der Waals surface area contributed by atoms with E-state index in [0.717, 1.165) is 12.5 Å². The van der Waals surface area contributed by atoms with Crippen molar-refractivity contribution in [2.24, 2.45) is 5.92 Å². The number of carbonyl (C=O) groups excluding carboxylic acids is 1. The lowest BCUT2D eigenvalue weighted by Gasteiger charge is -2.35. The van der Waals surface area contributed by atoms with Gasteiger partial charge in [0, 0.05) is 12.6 Å². The summed E-state index contributed by atoms with van der Waals surface area (Å²) in [5, 5.41) is 0. The average molecular weight is 169 g/mol. The second kappa shape index (κ2) is 2.96. The average Bonchev–Trinajstić information content (AvgIpc) is 2.27. The molecule has 3 heteroatoms. The van der Waals surface area contributed by atoms with Crippen LogP contribution in [-0.4, -0.2) is 30.2 Å². The fourth-order valence-corrected chi connectivity index (χ4v) is 2.20. The van der Waals surface area contributed by atoms with Crippen LogP contribution in [0.3, 0.4) is 0 Å². The number of hydrogen-bond donors (Lipinski definition) is 0. The Morgan fingerprint density at radius 3 is 2.83 bits per heavy atom. The molecule has 1 heterocycles. The van der Waals surface area contributed by atoms with Crippen LogP contribution in [0, 0.1) is 5.92 Å². The molecule has 1 amide bonds. The smallest absolute Gasteiger partial charge is 0.410 e. The van der Waals surface area contributed by atoms with Crippen LogP contribution >= 0.6 is 0 Å². The number of likely N-dealkylation sites (tertiary alicyclic amines) is 1. The molecule has 1 saturated carbocycles. The van der Waals surface area contributed by atoms with Gasteiger partial charge < -0.3 is 9.64 Å². The zero-order valence-electron chi connectivity index (χ0n) is 7.45. The second-order valence-electron chi connectivity index (χ2n) is 3.59. The summed E-state index contributed by atoms with van der Waals surface area (Å²) in [6.07, 6.45) is 3.57. The van der Waals surface area contributed by atoms with Gasteiger partial charge in [0.25, 0.3) is 0 Å². The number of rotatable bonds is 1. The Hall–Kier alpha value is -0.730. The van der Waals surface area contributed by atoms with E-state index in [-0.39, 0.29) is 6.09 Å². The Morgan fingerprint density at radius 2 is 2.33 bits per heavy atom. The van der Waals surface area contributed by atoms with E-state index in [1.807, 2.05) is 11.8 Å². The zero-order chi connectivity index (χ0) is 8.55. The third-order valence-electron chi connectivity index (χ3n) is 3.02. The summed E-state index contributed by atoms with van der Waals surface area (Å²) in [6, 6.07) is 0.518. The molecule has 2 fully saturated rings. The molecule has 1 aliphatic heterocycles. The molecule has 2 rings (SSSR count). The van der Waals surface area contributed by atoms with E-state index < -0.39 is 0 Å². The number of hydrogen-bond acceptors (Lipinski definition) is 2. The van der Waals surface area contributed by atoms with Crippen molar-refractivity contribution in [3.05, 3.63) is 0 Å². The minimum absolute atomic E-state index is 0.107. The van der Waals surface area contributed by atoms with E-state index in [1.165, 1.54) is 19.3 Å². The molecule has 0 bridgehead atoms. The highest BCUT2D eigenvalue weighted by atomic mass is 16.6. The molecule has 1 saturated heterocycles. The van der Waals surface area contributed by atoms with Crippen LogP contribution in [0.15, 0.2) is 0 Å². The molecule has 2 atom stereocenters. The molecule has 0 aromatic carbocycles. The molecule has 1 aliphatic carbocycles. The fourth-order valence-electron chi connectivity index (χ4n) is 2.20. The maximum Gasteiger partial charge on any atom is 0.410 e. The van der Waals surface area contributed by atoms with Crippen LogP contribution in [0.4, 0.5) is 4.79 Å². The van der Waals surface area contributed by atoms with Crippen molar-refractivity contribution >= 4 is 6.09 Å². The lowest BCUT2D eigenvalue weighted by Crippen LogP contribution is -2.43. The van der Waals surface area contributed by atoms with Gasteiger partial charge in [-0.15, -0.1) is 0 Å². The Morgan fingerprint density at radius 1 is 1.50 bits per heavy atom. The van der Waals surface area contributed by atoms with Gasteiger partial charge in [0.2, 0.25) is 0 Å². The minimum Gasteiger partial charge on any atom is -0.450 e. The summed E-state index contributed by atoms with van der Waals surface area (Å²) in [5.41, 5.74) is 0. The molecular formula is C9H15NO2. The molecule has 0 spiro atoms. The zero-order valence-corrected chi connectivity index (χ0v) is 7.45. The van der Waals surface area contributed by atoms with Gasteiger partial charge in [-0.05, 0) is 32.1 Å². The first-order chi connectivity index (χ1) is 5.83. The number of ether oxygens (including phenoxy) is 1. The highest BCUT2D eigenvalue weighted by molar-refractivity contribution is 5.68. The molecule has 0 N–H and O–H groups in total. The lowest BCUT2D eigenvalue weighted by atomic mass is 9.80. The molecule has 0 unspecified atom stereocenters. The first kappa shape index (κ1) is 7.90. The highest BCUT2D eigenvalue weighted by Gasteiger charge is 2.43. The fraction of sp³-hybridized carbons (Fsp3) is 0.889. The molecule has 0 radical (unpaired) electrons. The monoisotopic (exact) mass is 169 g/mol. The standard InChI is InChI=1S/C9H15NO2/c1-2-12-9(11)10-6-5-7-3-4-8(7)10/h7-8H,2-6H2,1H3/t7-,8-/m1/s1. The Kier molecular flexibility index (Phi) is 1.95.